The van der Waals surface area contributed by atoms with Gasteiger partial charge in [0.05, 0.1) is 12.2 Å². The van der Waals surface area contributed by atoms with Crippen LogP contribution in [0.2, 0.25) is 0 Å². The minimum Gasteiger partial charge on any atom is -0.492 e. The molecule has 2 heterocycles. The van der Waals surface area contributed by atoms with E-state index < -0.39 is 10.7 Å². The number of carboxylic acid groups (broad SMARTS) is 1. The highest BCUT2D eigenvalue weighted by molar-refractivity contribution is 8.01. The molecule has 0 bridgehead atoms. The number of aryl methyl sites for hydroxylation is 3. The highest BCUT2D eigenvalue weighted by Crippen LogP contribution is 2.33. The molecule has 2 aromatic heterocycles. The number of hydrogen-bond acceptors (Lipinski definition) is 6. The minimum atomic E-state index is -0.907. The van der Waals surface area contributed by atoms with Crippen LogP contribution < -0.4 is 10.3 Å². The summed E-state index contributed by atoms with van der Waals surface area (Å²) >= 11 is 1.28. The predicted octanol–water partition coefficient (Wildman–Crippen LogP) is 3.43. The fourth-order valence-corrected chi connectivity index (χ4v) is 4.24. The normalized spacial score (nSPS) is 11.8. The van der Waals surface area contributed by atoms with Crippen LogP contribution in [-0.4, -0.2) is 41.8 Å². The van der Waals surface area contributed by atoms with E-state index in [1.807, 2.05) is 19.1 Å². The van der Waals surface area contributed by atoms with E-state index in [2.05, 4.69) is 17.0 Å². The van der Waals surface area contributed by atoms with Crippen molar-refractivity contribution in [2.75, 3.05) is 6.61 Å². The van der Waals surface area contributed by atoms with Crippen LogP contribution in [0.5, 0.6) is 5.75 Å². The number of nitrogens with zero attached hydrogens (tertiary/aromatic N) is 4. The summed E-state index contributed by atoms with van der Waals surface area (Å²) in [4.78, 5) is 29.8. The molecule has 0 aliphatic rings. The smallest absolute Gasteiger partial charge is 0.319 e. The van der Waals surface area contributed by atoms with Crippen molar-refractivity contribution in [3.63, 3.8) is 0 Å². The molecular formula is C22H28N4O4S. The van der Waals surface area contributed by atoms with E-state index in [0.29, 0.717) is 35.8 Å². The van der Waals surface area contributed by atoms with Gasteiger partial charge in [0.25, 0.3) is 5.56 Å². The third-order valence-electron chi connectivity index (χ3n) is 4.99. The monoisotopic (exact) mass is 444 g/mol. The van der Waals surface area contributed by atoms with Gasteiger partial charge in [-0.05, 0) is 51.5 Å². The molecule has 3 rings (SSSR count). The van der Waals surface area contributed by atoms with E-state index in [9.17, 15) is 14.7 Å². The Morgan fingerprint density at radius 1 is 1.26 bits per heavy atom. The van der Waals surface area contributed by atoms with Crippen molar-refractivity contribution < 1.29 is 14.6 Å². The molecule has 0 saturated carbocycles. The molecule has 0 unspecified atom stereocenters. The van der Waals surface area contributed by atoms with Crippen molar-refractivity contribution in [3.8, 4) is 5.75 Å². The maximum Gasteiger partial charge on any atom is 0.319 e. The molecule has 31 heavy (non-hydrogen) atoms. The van der Waals surface area contributed by atoms with E-state index in [-0.39, 0.29) is 5.56 Å². The summed E-state index contributed by atoms with van der Waals surface area (Å²) in [7, 11) is 1.77. The van der Waals surface area contributed by atoms with E-state index in [1.165, 1.54) is 11.8 Å². The minimum absolute atomic E-state index is 0.119. The van der Waals surface area contributed by atoms with Crippen molar-refractivity contribution in [1.82, 2.24) is 19.3 Å². The van der Waals surface area contributed by atoms with Crippen LogP contribution in [0.4, 0.5) is 0 Å². The molecule has 0 atom stereocenters. The molecule has 9 heteroatoms. The van der Waals surface area contributed by atoms with Gasteiger partial charge in [-0.1, -0.05) is 13.3 Å². The molecule has 0 aliphatic carbocycles. The zero-order chi connectivity index (χ0) is 22.8. The summed E-state index contributed by atoms with van der Waals surface area (Å²) in [6.45, 7) is 7.90. The first-order chi connectivity index (χ1) is 14.6. The number of aliphatic carboxylic acids is 1. The Labute approximate surface area is 185 Å². The van der Waals surface area contributed by atoms with E-state index >= 15 is 0 Å². The first-order valence-corrected chi connectivity index (χ1v) is 11.0. The molecule has 0 fully saturated rings. The predicted molar refractivity (Wildman–Crippen MR) is 121 cm³/mol. The maximum atomic E-state index is 13.0. The average Bonchev–Trinajstić information content (AvgIpc) is 3.00. The summed E-state index contributed by atoms with van der Waals surface area (Å²) in [5.41, 5.74) is 1.93. The van der Waals surface area contributed by atoms with E-state index in [1.54, 1.807) is 42.3 Å². The fraction of sp³-hybridized carbons (Fsp3) is 0.455. The van der Waals surface area contributed by atoms with Crippen LogP contribution >= 0.6 is 11.8 Å². The fourth-order valence-electron chi connectivity index (χ4n) is 3.29. The van der Waals surface area contributed by atoms with Gasteiger partial charge in [-0.25, -0.2) is 4.98 Å². The van der Waals surface area contributed by atoms with Crippen molar-refractivity contribution in [1.29, 1.82) is 0 Å². The molecular weight excluding hydrogens is 416 g/mol. The van der Waals surface area contributed by atoms with E-state index in [4.69, 9.17) is 4.74 Å². The number of carboxylic acids is 1. The largest absolute Gasteiger partial charge is 0.492 e. The Hall–Kier alpha value is -2.81. The summed E-state index contributed by atoms with van der Waals surface area (Å²) in [6, 6.07) is 7.27. The van der Waals surface area contributed by atoms with Crippen LogP contribution in [0.15, 0.2) is 34.0 Å². The zero-order valence-electron chi connectivity index (χ0n) is 18.5. The molecule has 1 aromatic carbocycles. The highest BCUT2D eigenvalue weighted by Gasteiger charge is 2.28. The lowest BCUT2D eigenvalue weighted by atomic mass is 10.2. The van der Waals surface area contributed by atoms with Gasteiger partial charge < -0.3 is 9.84 Å². The molecule has 0 aliphatic heterocycles. The molecule has 166 valence electrons. The second kappa shape index (κ2) is 9.13. The maximum absolute atomic E-state index is 13.0. The van der Waals surface area contributed by atoms with Gasteiger partial charge in [-0.2, -0.15) is 5.10 Å². The molecule has 0 amide bonds. The third kappa shape index (κ3) is 4.92. The number of rotatable bonds is 9. The van der Waals surface area contributed by atoms with Gasteiger partial charge in [0.15, 0.2) is 5.52 Å². The number of aromatic nitrogens is 4. The first-order valence-electron chi connectivity index (χ1n) is 10.2. The number of hydrogen-bond donors (Lipinski definition) is 1. The number of thioether (sulfide) groups is 1. The van der Waals surface area contributed by atoms with Crippen LogP contribution in [0, 0.1) is 6.92 Å². The third-order valence-corrected chi connectivity index (χ3v) is 6.18. The Bertz CT molecular complexity index is 1150. The SMILES string of the molecule is CCCc1nn(C)c2c(=O)n(CCOc3ccc(SC(C)(C)C(=O)O)cc3)c(C)nc12. The quantitative estimate of drug-likeness (QED) is 0.505. The average molecular weight is 445 g/mol. The van der Waals surface area contributed by atoms with Gasteiger partial charge in [-0.3, -0.25) is 18.8 Å². The Balaban J connectivity index is 1.70. The van der Waals surface area contributed by atoms with Crippen LogP contribution in [0.1, 0.15) is 38.7 Å². The van der Waals surface area contributed by atoms with Crippen molar-refractivity contribution >= 4 is 28.8 Å². The number of benzene rings is 1. The number of fused-ring (bicyclic) bond motifs is 1. The zero-order valence-corrected chi connectivity index (χ0v) is 19.3. The lowest BCUT2D eigenvalue weighted by molar-refractivity contribution is -0.138. The number of carbonyl (C=O) groups is 1. The lowest BCUT2D eigenvalue weighted by Gasteiger charge is -2.18. The second-order valence-electron chi connectivity index (χ2n) is 7.87. The van der Waals surface area contributed by atoms with Crippen molar-refractivity contribution in [2.45, 2.75) is 56.7 Å². The molecule has 1 N–H and O–H groups in total. The van der Waals surface area contributed by atoms with Crippen LogP contribution in [-0.2, 0) is 24.8 Å². The van der Waals surface area contributed by atoms with Crippen LogP contribution in [0.25, 0.3) is 11.0 Å². The second-order valence-corrected chi connectivity index (χ2v) is 9.57. The Morgan fingerprint density at radius 3 is 2.55 bits per heavy atom. The van der Waals surface area contributed by atoms with Gasteiger partial charge in [0, 0.05) is 11.9 Å². The molecule has 0 spiro atoms. The van der Waals surface area contributed by atoms with E-state index in [0.717, 1.165) is 23.4 Å². The van der Waals surface area contributed by atoms with Gasteiger partial charge in [0.2, 0.25) is 0 Å². The standard InChI is InChI=1S/C22H28N4O4S/c1-6-7-17-18-19(25(5)24-17)20(27)26(14(2)23-18)12-13-30-15-8-10-16(11-9-15)31-22(3,4)21(28)29/h8-11H,6-7,12-13H2,1-5H3,(H,28,29). The molecule has 0 saturated heterocycles. The topological polar surface area (TPSA) is 99.2 Å². The summed E-state index contributed by atoms with van der Waals surface area (Å²) < 4.78 is 8.12. The first kappa shape index (κ1) is 22.9. The van der Waals surface area contributed by atoms with Gasteiger partial charge >= 0.3 is 5.97 Å². The van der Waals surface area contributed by atoms with Crippen molar-refractivity contribution in [2.24, 2.45) is 7.05 Å². The van der Waals surface area contributed by atoms with Gasteiger partial charge in [0.1, 0.15) is 28.4 Å². The Kier molecular flexibility index (Phi) is 6.74. The lowest BCUT2D eigenvalue weighted by Crippen LogP contribution is -2.27. The summed E-state index contributed by atoms with van der Waals surface area (Å²) in [5.74, 6) is 0.427. The van der Waals surface area contributed by atoms with Crippen LogP contribution in [0.3, 0.4) is 0 Å². The van der Waals surface area contributed by atoms with Crippen molar-refractivity contribution in [3.05, 3.63) is 46.1 Å². The highest BCUT2D eigenvalue weighted by atomic mass is 32.2. The summed E-state index contributed by atoms with van der Waals surface area (Å²) in [6.07, 6.45) is 1.73. The number of ether oxygens (including phenoxy) is 1. The summed E-state index contributed by atoms with van der Waals surface area (Å²) in [5, 5.41) is 13.7. The van der Waals surface area contributed by atoms with Gasteiger partial charge in [-0.15, -0.1) is 11.8 Å². The molecule has 8 nitrogen and oxygen atoms in total. The molecule has 0 radical (unpaired) electrons. The Morgan fingerprint density at radius 2 is 1.94 bits per heavy atom. The molecule has 3 aromatic rings.